The summed E-state index contributed by atoms with van der Waals surface area (Å²) in [5.41, 5.74) is 0.982. The molecule has 4 saturated carbocycles. The number of benzene rings is 1. The zero-order chi connectivity index (χ0) is 22.1. The summed E-state index contributed by atoms with van der Waals surface area (Å²) in [5, 5.41) is 0.767. The van der Waals surface area contributed by atoms with E-state index in [0.717, 1.165) is 46.5 Å². The van der Waals surface area contributed by atoms with E-state index in [-0.39, 0.29) is 17.0 Å². The molecular weight excluding hydrogens is 434 g/mol. The molecule has 3 nitrogen and oxygen atoms in total. The maximum atomic E-state index is 6.77. The standard InChI is InChI=1S/C27H36ClN3S/c1-26(2)23(30-10-6-3-7-11-30)24(31(25(26)32)22-9-5-4-8-21(22)28)29-27-15-18-12-19(16-27)14-20(13-18)17-27/h4-5,8-9,18-20,23H,3,6-7,10-17H2,1-2H3. The molecule has 4 bridgehead atoms. The molecule has 6 fully saturated rings. The highest BCUT2D eigenvalue weighted by atomic mass is 35.5. The highest BCUT2D eigenvalue weighted by Gasteiger charge is 2.56. The van der Waals surface area contributed by atoms with Gasteiger partial charge in [0.25, 0.3) is 0 Å². The normalized spacial score (nSPS) is 39.9. The van der Waals surface area contributed by atoms with Crippen molar-refractivity contribution in [2.24, 2.45) is 28.2 Å². The molecule has 2 aliphatic heterocycles. The number of rotatable bonds is 3. The molecule has 7 rings (SSSR count). The van der Waals surface area contributed by atoms with Crippen molar-refractivity contribution < 1.29 is 0 Å². The Morgan fingerprint density at radius 3 is 2.12 bits per heavy atom. The lowest BCUT2D eigenvalue weighted by Gasteiger charge is -2.55. The van der Waals surface area contributed by atoms with Crippen LogP contribution in [0, 0.1) is 23.2 Å². The fourth-order valence-electron chi connectivity index (χ4n) is 8.17. The van der Waals surface area contributed by atoms with E-state index in [2.05, 4.69) is 35.8 Å². The van der Waals surface area contributed by atoms with Crippen LogP contribution in [0.25, 0.3) is 0 Å². The Morgan fingerprint density at radius 1 is 0.938 bits per heavy atom. The Morgan fingerprint density at radius 2 is 1.53 bits per heavy atom. The van der Waals surface area contributed by atoms with Gasteiger partial charge in [0, 0.05) is 5.41 Å². The summed E-state index contributed by atoms with van der Waals surface area (Å²) in [4.78, 5) is 11.8. The Hall–Kier alpha value is -0.970. The van der Waals surface area contributed by atoms with Gasteiger partial charge in [-0.05, 0) is 94.3 Å². The molecule has 172 valence electrons. The Labute approximate surface area is 203 Å². The van der Waals surface area contributed by atoms with Crippen molar-refractivity contribution in [1.82, 2.24) is 4.90 Å². The van der Waals surface area contributed by atoms with E-state index in [4.69, 9.17) is 28.8 Å². The number of amidine groups is 1. The van der Waals surface area contributed by atoms with Crippen molar-refractivity contribution in [2.45, 2.75) is 83.2 Å². The first-order valence-corrected chi connectivity index (χ1v) is 13.6. The minimum atomic E-state index is -0.146. The molecule has 2 heterocycles. The number of para-hydroxylation sites is 1. The first kappa shape index (κ1) is 21.6. The molecule has 0 N–H and O–H groups in total. The number of likely N-dealkylation sites (tertiary alicyclic amines) is 1. The van der Waals surface area contributed by atoms with Crippen LogP contribution < -0.4 is 4.90 Å². The summed E-state index contributed by atoms with van der Waals surface area (Å²) in [6, 6.07) is 8.43. The zero-order valence-electron chi connectivity index (χ0n) is 19.5. The number of aliphatic imine (C=N–C) groups is 1. The molecular formula is C27H36ClN3S. The van der Waals surface area contributed by atoms with Crippen LogP contribution in [0.1, 0.15) is 71.6 Å². The van der Waals surface area contributed by atoms with Crippen molar-refractivity contribution in [3.63, 3.8) is 0 Å². The van der Waals surface area contributed by atoms with Crippen molar-refractivity contribution in [3.05, 3.63) is 29.3 Å². The monoisotopic (exact) mass is 469 g/mol. The van der Waals surface area contributed by atoms with Crippen LogP contribution in [0.4, 0.5) is 5.69 Å². The maximum Gasteiger partial charge on any atom is 0.128 e. The molecule has 32 heavy (non-hydrogen) atoms. The predicted octanol–water partition coefficient (Wildman–Crippen LogP) is 6.74. The van der Waals surface area contributed by atoms with Gasteiger partial charge in [-0.3, -0.25) is 14.8 Å². The van der Waals surface area contributed by atoms with E-state index in [1.165, 1.54) is 63.6 Å². The van der Waals surface area contributed by atoms with Gasteiger partial charge in [-0.1, -0.05) is 56.2 Å². The van der Waals surface area contributed by atoms with Gasteiger partial charge < -0.3 is 0 Å². The van der Waals surface area contributed by atoms with E-state index in [9.17, 15) is 0 Å². The second kappa shape index (κ2) is 7.78. The quantitative estimate of drug-likeness (QED) is 0.457. The first-order valence-electron chi connectivity index (χ1n) is 12.8. The SMILES string of the molecule is CC1(C)C(=S)N(c2ccccc2Cl)C(=NC23CC4CC(CC(C4)C2)C3)C1N1CCCCC1. The van der Waals surface area contributed by atoms with Gasteiger partial charge in [-0.2, -0.15) is 0 Å². The second-order valence-corrected chi connectivity index (χ2v) is 12.7. The maximum absolute atomic E-state index is 6.77. The fourth-order valence-corrected chi connectivity index (χ4v) is 8.70. The highest BCUT2D eigenvalue weighted by Crippen LogP contribution is 2.58. The number of piperidine rings is 1. The molecule has 2 saturated heterocycles. The minimum Gasteiger partial charge on any atom is -0.293 e. The van der Waals surface area contributed by atoms with Crippen LogP contribution >= 0.6 is 23.8 Å². The number of hydrogen-bond acceptors (Lipinski definition) is 3. The third-order valence-corrected chi connectivity index (χ3v) is 10.1. The lowest BCUT2D eigenvalue weighted by molar-refractivity contribution is 0.00114. The van der Waals surface area contributed by atoms with Crippen molar-refractivity contribution >= 4 is 40.3 Å². The number of hydrogen-bond donors (Lipinski definition) is 0. The zero-order valence-corrected chi connectivity index (χ0v) is 21.1. The third-order valence-electron chi connectivity index (χ3n) is 9.12. The van der Waals surface area contributed by atoms with Gasteiger partial charge in [-0.15, -0.1) is 0 Å². The smallest absolute Gasteiger partial charge is 0.128 e. The van der Waals surface area contributed by atoms with Gasteiger partial charge in [0.2, 0.25) is 0 Å². The molecule has 1 unspecified atom stereocenters. The third kappa shape index (κ3) is 3.39. The van der Waals surface area contributed by atoms with Crippen LogP contribution in [0.5, 0.6) is 0 Å². The second-order valence-electron chi connectivity index (χ2n) is 11.9. The highest BCUT2D eigenvalue weighted by molar-refractivity contribution is 7.80. The Bertz CT molecular complexity index is 913. The largest absolute Gasteiger partial charge is 0.293 e. The summed E-state index contributed by atoms with van der Waals surface area (Å²) in [5.74, 6) is 3.84. The van der Waals surface area contributed by atoms with E-state index < -0.39 is 0 Å². The Balaban J connectivity index is 1.49. The minimum absolute atomic E-state index is 0.119. The van der Waals surface area contributed by atoms with E-state index in [1.54, 1.807) is 0 Å². The number of nitrogens with zero attached hydrogens (tertiary/aromatic N) is 3. The van der Waals surface area contributed by atoms with Crippen molar-refractivity contribution in [2.75, 3.05) is 18.0 Å². The van der Waals surface area contributed by atoms with E-state index in [1.807, 2.05) is 12.1 Å². The van der Waals surface area contributed by atoms with Crippen LogP contribution in [0.15, 0.2) is 29.3 Å². The van der Waals surface area contributed by atoms with Gasteiger partial charge in [0.1, 0.15) is 5.84 Å². The van der Waals surface area contributed by atoms with Crippen LogP contribution in [0.2, 0.25) is 5.02 Å². The van der Waals surface area contributed by atoms with Gasteiger partial charge in [-0.25, -0.2) is 0 Å². The molecule has 0 radical (unpaired) electrons. The Kier molecular flexibility index (Phi) is 5.24. The first-order chi connectivity index (χ1) is 15.4. The van der Waals surface area contributed by atoms with E-state index >= 15 is 0 Å². The lowest BCUT2D eigenvalue weighted by atomic mass is 9.53. The summed E-state index contributed by atoms with van der Waals surface area (Å²) in [6.07, 6.45) is 12.0. The van der Waals surface area contributed by atoms with Crippen molar-refractivity contribution in [1.29, 1.82) is 0 Å². The number of thiocarbonyl (C=S) groups is 1. The molecule has 1 aromatic rings. The van der Waals surface area contributed by atoms with Gasteiger partial charge in [0.05, 0.1) is 27.3 Å². The molecule has 0 aromatic heterocycles. The molecule has 1 aromatic carbocycles. The summed E-state index contributed by atoms with van der Waals surface area (Å²) in [6.45, 7) is 6.96. The summed E-state index contributed by atoms with van der Waals surface area (Å²) in [7, 11) is 0. The average molecular weight is 470 g/mol. The van der Waals surface area contributed by atoms with Crippen LogP contribution in [0.3, 0.4) is 0 Å². The lowest BCUT2D eigenvalue weighted by Crippen LogP contribution is -2.53. The van der Waals surface area contributed by atoms with Crippen LogP contribution in [-0.4, -0.2) is 40.4 Å². The number of anilines is 1. The molecule has 4 aliphatic carbocycles. The topological polar surface area (TPSA) is 18.8 Å². The predicted molar refractivity (Wildman–Crippen MR) is 138 cm³/mol. The molecule has 5 heteroatoms. The van der Waals surface area contributed by atoms with Gasteiger partial charge >= 0.3 is 0 Å². The molecule has 0 amide bonds. The fraction of sp³-hybridized carbons (Fsp3) is 0.704. The molecule has 0 spiro atoms. The van der Waals surface area contributed by atoms with Crippen LogP contribution in [-0.2, 0) is 0 Å². The molecule has 1 atom stereocenters. The summed E-state index contributed by atoms with van der Waals surface area (Å²) < 4.78 is 0. The van der Waals surface area contributed by atoms with Gasteiger partial charge in [0.15, 0.2) is 0 Å². The number of halogens is 1. The van der Waals surface area contributed by atoms with E-state index in [0.29, 0.717) is 0 Å². The molecule has 6 aliphatic rings. The summed E-state index contributed by atoms with van der Waals surface area (Å²) >= 11 is 13.0. The van der Waals surface area contributed by atoms with Crippen molar-refractivity contribution in [3.8, 4) is 0 Å². The average Bonchev–Trinajstić information content (AvgIpc) is 2.93.